The van der Waals surface area contributed by atoms with Crippen molar-refractivity contribution in [2.24, 2.45) is 0 Å². The lowest BCUT2D eigenvalue weighted by Gasteiger charge is -2.39. The molecule has 0 saturated heterocycles. The van der Waals surface area contributed by atoms with Gasteiger partial charge < -0.3 is 10.6 Å². The third-order valence-corrected chi connectivity index (χ3v) is 5.84. The average Bonchev–Trinajstić information content (AvgIpc) is 2.94. The SMILES string of the molecule is C1=CC2=CCNC(NCC3(c4ccccc4)CCCCC3)=C2C=CC1. The van der Waals surface area contributed by atoms with Crippen molar-refractivity contribution in [3.05, 3.63) is 83.2 Å². The molecule has 0 bridgehead atoms. The van der Waals surface area contributed by atoms with Gasteiger partial charge in [-0.3, -0.25) is 0 Å². The Morgan fingerprint density at radius 3 is 2.60 bits per heavy atom. The molecule has 1 aromatic rings. The molecule has 1 saturated carbocycles. The average molecular weight is 332 g/mol. The number of allylic oxidation sites excluding steroid dienone is 6. The first-order valence-corrected chi connectivity index (χ1v) is 9.69. The number of nitrogens with one attached hydrogen (secondary N) is 2. The molecule has 25 heavy (non-hydrogen) atoms. The van der Waals surface area contributed by atoms with Gasteiger partial charge in [0.05, 0.1) is 0 Å². The van der Waals surface area contributed by atoms with E-state index >= 15 is 0 Å². The molecule has 0 aromatic heterocycles. The molecule has 2 aliphatic carbocycles. The maximum absolute atomic E-state index is 3.80. The van der Waals surface area contributed by atoms with E-state index in [0.717, 1.165) is 19.5 Å². The van der Waals surface area contributed by atoms with Crippen LogP contribution in [0.2, 0.25) is 0 Å². The molecular weight excluding hydrogens is 304 g/mol. The van der Waals surface area contributed by atoms with E-state index in [-0.39, 0.29) is 5.41 Å². The minimum atomic E-state index is 0.264. The minimum absolute atomic E-state index is 0.264. The molecule has 1 heterocycles. The van der Waals surface area contributed by atoms with E-state index in [1.165, 1.54) is 54.6 Å². The third-order valence-electron chi connectivity index (χ3n) is 5.84. The number of hydrogen-bond donors (Lipinski definition) is 2. The van der Waals surface area contributed by atoms with E-state index in [0.29, 0.717) is 0 Å². The van der Waals surface area contributed by atoms with Crippen LogP contribution in [0.4, 0.5) is 0 Å². The largest absolute Gasteiger partial charge is 0.370 e. The summed E-state index contributed by atoms with van der Waals surface area (Å²) in [7, 11) is 0. The summed E-state index contributed by atoms with van der Waals surface area (Å²) in [4.78, 5) is 0. The molecule has 2 N–H and O–H groups in total. The van der Waals surface area contributed by atoms with E-state index in [2.05, 4.69) is 71.3 Å². The summed E-state index contributed by atoms with van der Waals surface area (Å²) in [5.41, 5.74) is 4.41. The zero-order chi connectivity index (χ0) is 17.0. The number of rotatable bonds is 4. The Hall–Kier alpha value is -2.22. The predicted molar refractivity (Wildman–Crippen MR) is 105 cm³/mol. The zero-order valence-electron chi connectivity index (χ0n) is 14.9. The molecule has 1 aromatic carbocycles. The van der Waals surface area contributed by atoms with Gasteiger partial charge in [0, 0.05) is 24.1 Å². The van der Waals surface area contributed by atoms with Gasteiger partial charge in [-0.1, -0.05) is 80.0 Å². The van der Waals surface area contributed by atoms with Crippen molar-refractivity contribution in [3.8, 4) is 0 Å². The summed E-state index contributed by atoms with van der Waals surface area (Å²) >= 11 is 0. The van der Waals surface area contributed by atoms with Crippen molar-refractivity contribution in [1.82, 2.24) is 10.6 Å². The van der Waals surface area contributed by atoms with E-state index in [4.69, 9.17) is 0 Å². The van der Waals surface area contributed by atoms with Gasteiger partial charge in [-0.15, -0.1) is 0 Å². The summed E-state index contributed by atoms with van der Waals surface area (Å²) in [6.07, 6.45) is 18.9. The Balaban J connectivity index is 1.59. The topological polar surface area (TPSA) is 24.1 Å². The molecule has 130 valence electrons. The molecule has 0 spiro atoms. The molecule has 2 nitrogen and oxygen atoms in total. The van der Waals surface area contributed by atoms with Crippen molar-refractivity contribution in [3.63, 3.8) is 0 Å². The van der Waals surface area contributed by atoms with E-state index in [1.54, 1.807) is 0 Å². The fourth-order valence-corrected chi connectivity index (χ4v) is 4.41. The molecule has 3 aliphatic rings. The van der Waals surface area contributed by atoms with Gasteiger partial charge in [-0.25, -0.2) is 0 Å². The summed E-state index contributed by atoms with van der Waals surface area (Å²) in [6.45, 7) is 1.91. The van der Waals surface area contributed by atoms with Crippen molar-refractivity contribution in [1.29, 1.82) is 0 Å². The van der Waals surface area contributed by atoms with Gasteiger partial charge in [-0.2, -0.15) is 0 Å². The zero-order valence-corrected chi connectivity index (χ0v) is 14.9. The van der Waals surface area contributed by atoms with Gasteiger partial charge in [0.15, 0.2) is 0 Å². The summed E-state index contributed by atoms with van der Waals surface area (Å²) in [5.74, 6) is 1.20. The maximum Gasteiger partial charge on any atom is 0.107 e. The summed E-state index contributed by atoms with van der Waals surface area (Å²) in [5, 5.41) is 7.36. The van der Waals surface area contributed by atoms with Crippen LogP contribution in [0.25, 0.3) is 0 Å². The normalized spacial score (nSPS) is 21.8. The van der Waals surface area contributed by atoms with Crippen LogP contribution < -0.4 is 10.6 Å². The van der Waals surface area contributed by atoms with Crippen LogP contribution in [-0.4, -0.2) is 13.1 Å². The fraction of sp³-hybridized carbons (Fsp3) is 0.391. The van der Waals surface area contributed by atoms with Crippen molar-refractivity contribution in [2.45, 2.75) is 43.9 Å². The van der Waals surface area contributed by atoms with Crippen LogP contribution in [0.5, 0.6) is 0 Å². The second kappa shape index (κ2) is 7.35. The van der Waals surface area contributed by atoms with E-state index in [9.17, 15) is 0 Å². The molecule has 4 rings (SSSR count). The molecule has 0 radical (unpaired) electrons. The van der Waals surface area contributed by atoms with Crippen molar-refractivity contribution < 1.29 is 0 Å². The first kappa shape index (κ1) is 16.3. The first-order valence-electron chi connectivity index (χ1n) is 9.69. The van der Waals surface area contributed by atoms with Crippen LogP contribution in [0, 0.1) is 0 Å². The highest BCUT2D eigenvalue weighted by Crippen LogP contribution is 2.39. The lowest BCUT2D eigenvalue weighted by atomic mass is 9.69. The van der Waals surface area contributed by atoms with Gasteiger partial charge in [-0.05, 0) is 30.4 Å². The van der Waals surface area contributed by atoms with E-state index in [1.807, 2.05) is 0 Å². The Bertz CT molecular complexity index is 716. The number of hydrogen-bond acceptors (Lipinski definition) is 2. The molecule has 0 atom stereocenters. The molecular formula is C23H28N2. The van der Waals surface area contributed by atoms with Crippen molar-refractivity contribution in [2.75, 3.05) is 13.1 Å². The number of dihydropyridines is 1. The minimum Gasteiger partial charge on any atom is -0.370 e. The van der Waals surface area contributed by atoms with Crippen LogP contribution in [0.1, 0.15) is 44.1 Å². The molecule has 1 fully saturated rings. The monoisotopic (exact) mass is 332 g/mol. The second-order valence-corrected chi connectivity index (χ2v) is 7.43. The highest BCUT2D eigenvalue weighted by Gasteiger charge is 2.34. The lowest BCUT2D eigenvalue weighted by Crippen LogP contribution is -2.43. The molecule has 1 aliphatic heterocycles. The van der Waals surface area contributed by atoms with Crippen LogP contribution in [0.15, 0.2) is 77.7 Å². The van der Waals surface area contributed by atoms with Crippen LogP contribution in [-0.2, 0) is 5.41 Å². The Labute approximate surface area is 151 Å². The van der Waals surface area contributed by atoms with E-state index < -0.39 is 0 Å². The van der Waals surface area contributed by atoms with Crippen molar-refractivity contribution >= 4 is 0 Å². The third kappa shape index (κ3) is 3.44. The highest BCUT2D eigenvalue weighted by molar-refractivity contribution is 5.52. The summed E-state index contributed by atoms with van der Waals surface area (Å²) < 4.78 is 0. The Morgan fingerprint density at radius 1 is 0.960 bits per heavy atom. The molecule has 2 heteroatoms. The quantitative estimate of drug-likeness (QED) is 0.832. The maximum atomic E-state index is 3.80. The van der Waals surface area contributed by atoms with Crippen LogP contribution >= 0.6 is 0 Å². The predicted octanol–water partition coefficient (Wildman–Crippen LogP) is 4.74. The van der Waals surface area contributed by atoms with Crippen LogP contribution in [0.3, 0.4) is 0 Å². The van der Waals surface area contributed by atoms with Gasteiger partial charge in [0.25, 0.3) is 0 Å². The first-order chi connectivity index (χ1) is 12.4. The highest BCUT2D eigenvalue weighted by atomic mass is 15.1. The number of benzene rings is 1. The Morgan fingerprint density at radius 2 is 1.76 bits per heavy atom. The smallest absolute Gasteiger partial charge is 0.107 e. The second-order valence-electron chi connectivity index (χ2n) is 7.43. The molecule has 0 unspecified atom stereocenters. The fourth-order valence-electron chi connectivity index (χ4n) is 4.41. The molecule has 0 amide bonds. The Kier molecular flexibility index (Phi) is 4.78. The van der Waals surface area contributed by atoms with Gasteiger partial charge in [0.2, 0.25) is 0 Å². The summed E-state index contributed by atoms with van der Waals surface area (Å²) in [6, 6.07) is 11.1. The lowest BCUT2D eigenvalue weighted by molar-refractivity contribution is 0.285. The van der Waals surface area contributed by atoms with Gasteiger partial charge >= 0.3 is 0 Å². The number of fused-ring (bicyclic) bond motifs is 1. The standard InChI is InChI=1S/C23H28N2/c1-4-10-19-14-17-24-22(21(19)13-7-1)25-18-23(15-8-3-9-16-23)20-11-5-2-6-12-20/h2,4-7,10-14,24-25H,1,3,8-9,15-18H2. The van der Waals surface area contributed by atoms with Gasteiger partial charge in [0.1, 0.15) is 5.82 Å².